The van der Waals surface area contributed by atoms with Gasteiger partial charge in [0.15, 0.2) is 6.10 Å². The van der Waals surface area contributed by atoms with Crippen molar-refractivity contribution in [3.63, 3.8) is 0 Å². The van der Waals surface area contributed by atoms with E-state index in [0.717, 1.165) is 52.8 Å². The van der Waals surface area contributed by atoms with Gasteiger partial charge in [-0.3, -0.25) is 14.5 Å². The van der Waals surface area contributed by atoms with E-state index in [0.29, 0.717) is 51.6 Å². The molecule has 4 aliphatic rings. The molecule has 11 heteroatoms. The zero-order valence-electron chi connectivity index (χ0n) is 29.4. The van der Waals surface area contributed by atoms with E-state index in [-0.39, 0.29) is 23.5 Å². The van der Waals surface area contributed by atoms with Crippen molar-refractivity contribution in [2.45, 2.75) is 89.3 Å². The van der Waals surface area contributed by atoms with Crippen molar-refractivity contribution >= 4 is 34.6 Å². The number of fused-ring (bicyclic) bond motifs is 2. The topological polar surface area (TPSA) is 118 Å². The lowest BCUT2D eigenvalue weighted by Gasteiger charge is -2.42. The predicted molar refractivity (Wildman–Crippen MR) is 193 cm³/mol. The number of rotatable bonds is 6. The van der Waals surface area contributed by atoms with E-state index in [9.17, 15) is 19.2 Å². The number of urea groups is 1. The van der Waals surface area contributed by atoms with Gasteiger partial charge < -0.3 is 29.7 Å². The van der Waals surface area contributed by atoms with Gasteiger partial charge in [0, 0.05) is 75.6 Å². The number of benzene rings is 2. The van der Waals surface area contributed by atoms with E-state index in [2.05, 4.69) is 15.2 Å². The molecule has 7 rings (SSSR count). The number of piperidine rings is 1. The van der Waals surface area contributed by atoms with Gasteiger partial charge in [-0.05, 0) is 79.3 Å². The molecule has 4 amide bonds. The summed E-state index contributed by atoms with van der Waals surface area (Å²) in [5.74, 6) is -0.582. The third-order valence-electron chi connectivity index (χ3n) is 11.5. The number of H-pyrrole nitrogens is 1. The molecular formula is C39H50N6O5. The highest BCUT2D eigenvalue weighted by molar-refractivity contribution is 5.91. The minimum Gasteiger partial charge on any atom is -0.435 e. The maximum atomic E-state index is 14.3. The van der Waals surface area contributed by atoms with Gasteiger partial charge in [-0.15, -0.1) is 0 Å². The summed E-state index contributed by atoms with van der Waals surface area (Å²) in [5, 5.41) is 3.93. The molecule has 1 unspecified atom stereocenters. The fourth-order valence-electron chi connectivity index (χ4n) is 8.49. The van der Waals surface area contributed by atoms with Gasteiger partial charge in [0.25, 0.3) is 5.91 Å². The number of ether oxygens (including phenoxy) is 1. The normalized spacial score (nSPS) is 20.9. The van der Waals surface area contributed by atoms with Gasteiger partial charge in [0.2, 0.25) is 5.56 Å². The molecule has 1 saturated carbocycles. The molecule has 3 aliphatic heterocycles. The number of amides is 4. The molecule has 4 heterocycles. The predicted octanol–water partition coefficient (Wildman–Crippen LogP) is 5.48. The maximum Gasteiger partial charge on any atom is 0.410 e. The smallest absolute Gasteiger partial charge is 0.410 e. The fraction of sp³-hybridized carbons (Fsp3) is 0.538. The molecule has 0 spiro atoms. The number of carbonyl (C=O) groups excluding carboxylic acids is 3. The van der Waals surface area contributed by atoms with Gasteiger partial charge in [0.1, 0.15) is 0 Å². The second kappa shape index (κ2) is 14.8. The van der Waals surface area contributed by atoms with E-state index in [1.165, 1.54) is 38.2 Å². The molecule has 2 atom stereocenters. The first-order valence-corrected chi connectivity index (χ1v) is 18.5. The number of piperazine rings is 1. The lowest BCUT2D eigenvalue weighted by Crippen LogP contribution is -2.56. The highest BCUT2D eigenvalue weighted by Crippen LogP contribution is 2.31. The van der Waals surface area contributed by atoms with Crippen LogP contribution in [-0.4, -0.2) is 107 Å². The van der Waals surface area contributed by atoms with Crippen LogP contribution in [0.3, 0.4) is 0 Å². The van der Waals surface area contributed by atoms with Crippen molar-refractivity contribution in [1.82, 2.24) is 24.6 Å². The number of para-hydroxylation sites is 1. The van der Waals surface area contributed by atoms with Crippen molar-refractivity contribution in [3.8, 4) is 0 Å². The number of aromatic amines is 1. The van der Waals surface area contributed by atoms with Gasteiger partial charge in [-0.1, -0.05) is 50.5 Å². The first-order chi connectivity index (χ1) is 24.2. The van der Waals surface area contributed by atoms with Crippen LogP contribution >= 0.6 is 0 Å². The van der Waals surface area contributed by atoms with Crippen molar-refractivity contribution < 1.29 is 19.1 Å². The monoisotopic (exact) mass is 682 g/mol. The van der Waals surface area contributed by atoms with E-state index in [1.807, 2.05) is 60.0 Å². The molecular weight excluding hydrogens is 632 g/mol. The first kappa shape index (κ1) is 34.1. The molecule has 0 bridgehead atoms. The lowest BCUT2D eigenvalue weighted by molar-refractivity contribution is -0.144. The summed E-state index contributed by atoms with van der Waals surface area (Å²) >= 11 is 0. The minimum atomic E-state index is -1.00. The highest BCUT2D eigenvalue weighted by Gasteiger charge is 2.39. The van der Waals surface area contributed by atoms with Gasteiger partial charge >= 0.3 is 12.1 Å². The molecule has 0 radical (unpaired) electrons. The van der Waals surface area contributed by atoms with Crippen LogP contribution in [0.5, 0.6) is 0 Å². The number of nitrogens with zero attached hydrogens (tertiary/aromatic N) is 4. The first-order valence-electron chi connectivity index (χ1n) is 18.5. The Labute approximate surface area is 293 Å². The Morgan fingerprint density at radius 3 is 2.32 bits per heavy atom. The number of pyridine rings is 1. The molecule has 3 fully saturated rings. The molecule has 11 nitrogen and oxygen atoms in total. The molecule has 1 aromatic heterocycles. The summed E-state index contributed by atoms with van der Waals surface area (Å²) in [4.78, 5) is 64.3. The number of hydrogen-bond donors (Lipinski definition) is 2. The number of anilines is 1. The molecule has 2 N–H and O–H groups in total. The molecule has 2 saturated heterocycles. The van der Waals surface area contributed by atoms with E-state index in [4.69, 9.17) is 4.74 Å². The maximum absolute atomic E-state index is 14.3. The van der Waals surface area contributed by atoms with E-state index < -0.39 is 18.1 Å². The van der Waals surface area contributed by atoms with Crippen LogP contribution in [0.1, 0.15) is 74.5 Å². The van der Waals surface area contributed by atoms with Crippen LogP contribution in [-0.2, 0) is 16.0 Å². The van der Waals surface area contributed by atoms with Crippen LogP contribution in [0.4, 0.5) is 15.3 Å². The highest BCUT2D eigenvalue weighted by atomic mass is 16.6. The molecule has 2 aromatic carbocycles. The van der Waals surface area contributed by atoms with Gasteiger partial charge in [-0.2, -0.15) is 0 Å². The van der Waals surface area contributed by atoms with Crippen molar-refractivity contribution in [2.75, 3.05) is 51.1 Å². The lowest BCUT2D eigenvalue weighted by atomic mass is 9.91. The molecule has 50 heavy (non-hydrogen) atoms. The summed E-state index contributed by atoms with van der Waals surface area (Å²) in [7, 11) is 0. The van der Waals surface area contributed by atoms with Crippen LogP contribution in [0.25, 0.3) is 10.9 Å². The zero-order valence-corrected chi connectivity index (χ0v) is 29.4. The number of aryl methyl sites for hydroxylation is 1. The largest absolute Gasteiger partial charge is 0.435 e. The average Bonchev–Trinajstić information content (AvgIpc) is 3.32. The number of nitrogens with one attached hydrogen (secondary N) is 2. The molecule has 3 aromatic rings. The Morgan fingerprint density at radius 1 is 0.820 bits per heavy atom. The minimum absolute atomic E-state index is 0.0113. The third-order valence-corrected chi connectivity index (χ3v) is 11.5. The standard InChI is InChI=1S/C39H50N6O5/c1-26-24-30(25-29-12-13-34(46)41-35(26)29)27(2)36(37(47)43-22-20-42(21-23-43)31-9-4-3-5-10-31)50-39(49)44-17-15-32(16-18-44)45-19-14-28-8-6-7-11-33(28)40-38(45)48/h6-8,11-13,24-25,27,31-32,36H,3-5,9-10,14-23H2,1-2H3,(H,40,48)(H,41,46)/t27-,36?/m1/s1. The van der Waals surface area contributed by atoms with Crippen LogP contribution < -0.4 is 10.9 Å². The quantitative estimate of drug-likeness (QED) is 0.356. The second-order valence-corrected chi connectivity index (χ2v) is 14.6. The van der Waals surface area contributed by atoms with Crippen LogP contribution in [0, 0.1) is 6.92 Å². The van der Waals surface area contributed by atoms with Gasteiger partial charge in [-0.25, -0.2) is 9.59 Å². The summed E-state index contributed by atoms with van der Waals surface area (Å²) < 4.78 is 6.23. The Balaban J connectivity index is 1.05. The van der Waals surface area contributed by atoms with Crippen molar-refractivity contribution in [1.29, 1.82) is 0 Å². The summed E-state index contributed by atoms with van der Waals surface area (Å²) in [6.45, 7) is 8.28. The SMILES string of the molecule is Cc1cc([C@@H](C)C(OC(=O)N2CCC(N3CCc4ccccc4NC3=O)CC2)C(=O)N2CCN(C3CCCCC3)CC2)cc2ccc(=O)[nH]c12. The summed E-state index contributed by atoms with van der Waals surface area (Å²) in [5.41, 5.74) is 4.35. The molecule has 1 aliphatic carbocycles. The zero-order chi connectivity index (χ0) is 34.8. The van der Waals surface area contributed by atoms with E-state index in [1.54, 1.807) is 11.0 Å². The Hall–Kier alpha value is -4.38. The Morgan fingerprint density at radius 2 is 1.56 bits per heavy atom. The van der Waals surface area contributed by atoms with Crippen LogP contribution in [0.2, 0.25) is 0 Å². The molecule has 266 valence electrons. The number of likely N-dealkylation sites (tertiary alicyclic amines) is 1. The number of aromatic nitrogens is 1. The average molecular weight is 683 g/mol. The fourth-order valence-corrected chi connectivity index (χ4v) is 8.49. The van der Waals surface area contributed by atoms with Crippen LogP contribution in [0.15, 0.2) is 53.3 Å². The summed E-state index contributed by atoms with van der Waals surface area (Å²) in [6, 6.07) is 15.7. The Kier molecular flexibility index (Phi) is 10.1. The second-order valence-electron chi connectivity index (χ2n) is 14.6. The third kappa shape index (κ3) is 7.24. The van der Waals surface area contributed by atoms with E-state index >= 15 is 0 Å². The van der Waals surface area contributed by atoms with Crippen molar-refractivity contribution in [2.24, 2.45) is 0 Å². The van der Waals surface area contributed by atoms with Crippen molar-refractivity contribution in [3.05, 3.63) is 75.6 Å². The number of hydrogen-bond acceptors (Lipinski definition) is 6. The summed E-state index contributed by atoms with van der Waals surface area (Å²) in [6.07, 6.45) is 6.86. The Bertz CT molecular complexity index is 1770. The van der Waals surface area contributed by atoms with Gasteiger partial charge in [0.05, 0.1) is 5.52 Å². The number of carbonyl (C=O) groups is 3.